The Bertz CT molecular complexity index is 942. The summed E-state index contributed by atoms with van der Waals surface area (Å²) in [6.45, 7) is 31.6. The largest absolute Gasteiger partial charge is 2.00 e. The van der Waals surface area contributed by atoms with Gasteiger partial charge in [0, 0.05) is 22.8 Å². The molecule has 0 spiro atoms. The molecule has 0 heterocycles. The molecule has 0 aromatic heterocycles. The number of carbonyl (C=O) groups is 1. The van der Waals surface area contributed by atoms with Crippen LogP contribution in [-0.2, 0) is 35.7 Å². The molecule has 0 aromatic rings. The molecule has 8 atom stereocenters. The Hall–Kier alpha value is 0.964. The van der Waals surface area contributed by atoms with Crippen LogP contribution in [-0.4, -0.2) is 47.5 Å². The Morgan fingerprint density at radius 1 is 0.623 bits per heavy atom. The normalized spacial score (nSPS) is 29.5. The Morgan fingerprint density at radius 2 is 0.962 bits per heavy atom. The number of unbranched alkanes of at least 4 members (excludes halogenated alkanes) is 3. The van der Waals surface area contributed by atoms with E-state index < -0.39 is 35.6 Å². The van der Waals surface area contributed by atoms with Crippen LogP contribution in [0.1, 0.15) is 146 Å². The van der Waals surface area contributed by atoms with Crippen molar-refractivity contribution < 1.29 is 40.8 Å². The number of fused-ring (bicyclic) bond motifs is 2. The summed E-state index contributed by atoms with van der Waals surface area (Å²) < 4.78 is 6.08. The molecule has 0 bridgehead atoms. The molecule has 8 unspecified atom stereocenters. The fourth-order valence-corrected chi connectivity index (χ4v) is 22.3. The van der Waals surface area contributed by atoms with Crippen LogP contribution >= 0.6 is 0 Å². The zero-order valence-corrected chi connectivity index (χ0v) is 42.6. The molecular weight excluding hydrogens is 776 g/mol. The maximum atomic E-state index is 10.0. The van der Waals surface area contributed by atoms with E-state index in [1.807, 2.05) is 0 Å². The van der Waals surface area contributed by atoms with Crippen molar-refractivity contribution in [3.05, 3.63) is 14.9 Å². The van der Waals surface area contributed by atoms with Gasteiger partial charge in [-0.1, -0.05) is 137 Å². The topological polar surface area (TPSA) is 46.5 Å². The second kappa shape index (κ2) is 24.1. The first kappa shape index (κ1) is 58.3. The molecule has 4 saturated carbocycles. The molecular formula is C46H98O3Si3Zr. The van der Waals surface area contributed by atoms with E-state index in [4.69, 9.17) is 9.84 Å². The van der Waals surface area contributed by atoms with E-state index in [0.717, 1.165) is 53.2 Å². The van der Waals surface area contributed by atoms with Crippen molar-refractivity contribution >= 4 is 30.2 Å². The van der Waals surface area contributed by atoms with Gasteiger partial charge >= 0.3 is 32.2 Å². The van der Waals surface area contributed by atoms with Gasteiger partial charge in [-0.2, -0.15) is 0 Å². The van der Waals surface area contributed by atoms with Crippen molar-refractivity contribution in [3.63, 3.8) is 0 Å². The van der Waals surface area contributed by atoms with Gasteiger partial charge in [0.1, 0.15) is 0 Å². The summed E-state index contributed by atoms with van der Waals surface area (Å²) in [5.74, 6) is 5.83. The number of rotatable bonds is 13. The Morgan fingerprint density at radius 3 is 1.28 bits per heavy atom. The van der Waals surface area contributed by atoms with Gasteiger partial charge in [-0.25, -0.2) is 0 Å². The Labute approximate surface area is 358 Å². The molecule has 4 fully saturated rings. The quantitative estimate of drug-likeness (QED) is 0.114. The number of carboxylic acid groups (broad SMARTS) is 1. The maximum Gasteiger partial charge on any atom is 2.00 e. The van der Waals surface area contributed by atoms with E-state index in [0.29, 0.717) is 0 Å². The molecule has 0 saturated heterocycles. The van der Waals surface area contributed by atoms with Crippen LogP contribution in [0, 0.1) is 55.8 Å². The Balaban J connectivity index is -0.00000190. The first-order valence-corrected chi connectivity index (χ1v) is 31.2. The van der Waals surface area contributed by atoms with Crippen LogP contribution in [0.15, 0.2) is 0 Å². The summed E-state index contributed by atoms with van der Waals surface area (Å²) in [7, 11) is -3.50. The van der Waals surface area contributed by atoms with Crippen LogP contribution in [0.5, 0.6) is 0 Å². The van der Waals surface area contributed by atoms with Gasteiger partial charge in [0.15, 0.2) is 0 Å². The van der Waals surface area contributed by atoms with E-state index in [2.05, 4.69) is 66.6 Å². The first-order chi connectivity index (χ1) is 22.0. The molecule has 316 valence electrons. The van der Waals surface area contributed by atoms with Crippen molar-refractivity contribution in [1.82, 2.24) is 0 Å². The fraction of sp³-hybridized carbons (Fsp3) is 0.935. The first-order valence-electron chi connectivity index (χ1n) is 20.9. The zero-order valence-electron chi connectivity index (χ0n) is 37.1. The SMILES string of the molecule is C.C.CC(C)(C)C(=O)O.CC(C)(C)OCCCCCC[Si](C)(C1CC(C[Si](C)(C)C)C2CCCCC21)C1CC(C[Si](C)(C)C)C2CCCCC21.[CH3-].[CH3-].[Zr+2]. The zero-order chi connectivity index (χ0) is 36.1. The Kier molecular flexibility index (Phi) is 26.6. The summed E-state index contributed by atoms with van der Waals surface area (Å²) in [6.07, 6.45) is 21.5. The fourth-order valence-electron chi connectivity index (χ4n) is 11.4. The molecule has 0 amide bonds. The molecule has 7 heteroatoms. The maximum absolute atomic E-state index is 10.0. The van der Waals surface area contributed by atoms with E-state index in [1.54, 1.807) is 90.3 Å². The standard InChI is InChI=1S/C37H74OSi3.C5H10O2.2CH4.2CH3.Zr/c1-37(2,3)38-23-17-11-12-18-24-41(10,35-25-29(27-39(4,5)6)31-19-13-15-21-33(31)35)36-26-30(28-40(7,8)9)32-20-14-16-22-34(32)36;1-5(2,3)4(6)7;;;;;/h29-36H,11-28H2,1-10H3;1-3H3,(H,6,7);2*1H4;2*1H3;/q;;;;2*-1;+2. The van der Waals surface area contributed by atoms with Crippen LogP contribution in [0.2, 0.25) is 75.0 Å². The number of hydrogen-bond donors (Lipinski definition) is 1. The predicted octanol–water partition coefficient (Wildman–Crippen LogP) is 15.8. The summed E-state index contributed by atoms with van der Waals surface area (Å²) in [4.78, 5) is 10.0. The summed E-state index contributed by atoms with van der Waals surface area (Å²) in [5.41, 5.74) is 1.73. The molecule has 4 aliphatic rings. The average molecular weight is 875 g/mol. The minimum Gasteiger partial charge on any atom is -0.481 e. The van der Waals surface area contributed by atoms with E-state index in [1.165, 1.54) is 38.5 Å². The van der Waals surface area contributed by atoms with Crippen molar-refractivity contribution in [2.45, 2.75) is 227 Å². The summed E-state index contributed by atoms with van der Waals surface area (Å²) in [6, 6.07) is 4.91. The van der Waals surface area contributed by atoms with Gasteiger partial charge < -0.3 is 24.7 Å². The van der Waals surface area contributed by atoms with Crippen molar-refractivity contribution in [2.75, 3.05) is 6.61 Å². The van der Waals surface area contributed by atoms with Crippen molar-refractivity contribution in [3.8, 4) is 0 Å². The summed E-state index contributed by atoms with van der Waals surface area (Å²) >= 11 is 0. The second-order valence-electron chi connectivity index (χ2n) is 22.1. The van der Waals surface area contributed by atoms with Crippen LogP contribution in [0.25, 0.3) is 0 Å². The van der Waals surface area contributed by atoms with Gasteiger partial charge in [-0.3, -0.25) is 4.79 Å². The molecule has 3 nitrogen and oxygen atoms in total. The number of aliphatic carboxylic acids is 1. The molecule has 53 heavy (non-hydrogen) atoms. The number of ether oxygens (including phenoxy) is 1. The third kappa shape index (κ3) is 18.2. The third-order valence-electron chi connectivity index (χ3n) is 13.3. The average Bonchev–Trinajstić information content (AvgIpc) is 3.49. The van der Waals surface area contributed by atoms with Crippen LogP contribution in [0.4, 0.5) is 0 Å². The van der Waals surface area contributed by atoms with Crippen LogP contribution in [0.3, 0.4) is 0 Å². The predicted molar refractivity (Wildman–Crippen MR) is 245 cm³/mol. The molecule has 4 rings (SSSR count). The molecule has 1 N–H and O–H groups in total. The minimum absolute atomic E-state index is 0. The number of carboxylic acids is 1. The van der Waals surface area contributed by atoms with E-state index in [-0.39, 0.29) is 61.5 Å². The minimum atomic E-state index is -1.43. The monoisotopic (exact) mass is 873 g/mol. The smallest absolute Gasteiger partial charge is 0.481 e. The van der Waals surface area contributed by atoms with E-state index in [9.17, 15) is 4.79 Å². The van der Waals surface area contributed by atoms with Gasteiger partial charge in [0.2, 0.25) is 0 Å². The second-order valence-corrected chi connectivity index (χ2v) is 38.2. The van der Waals surface area contributed by atoms with Crippen molar-refractivity contribution in [1.29, 1.82) is 0 Å². The van der Waals surface area contributed by atoms with Gasteiger partial charge in [0.05, 0.1) is 19.1 Å². The van der Waals surface area contributed by atoms with E-state index >= 15 is 0 Å². The summed E-state index contributed by atoms with van der Waals surface area (Å²) in [5, 5.41) is 8.25. The molecule has 4 aliphatic carbocycles. The molecule has 0 aliphatic heterocycles. The van der Waals surface area contributed by atoms with Crippen LogP contribution < -0.4 is 0 Å². The molecule has 0 aromatic carbocycles. The third-order valence-corrected chi connectivity index (χ3v) is 23.0. The van der Waals surface area contributed by atoms with Gasteiger partial charge in [0.25, 0.3) is 0 Å². The van der Waals surface area contributed by atoms with Gasteiger partial charge in [-0.05, 0) is 120 Å². The number of hydrogen-bond acceptors (Lipinski definition) is 2. The molecule has 0 radical (unpaired) electrons. The van der Waals surface area contributed by atoms with Gasteiger partial charge in [-0.15, -0.1) is 0 Å². The van der Waals surface area contributed by atoms with Crippen molar-refractivity contribution in [2.24, 2.45) is 40.9 Å².